The van der Waals surface area contributed by atoms with Crippen LogP contribution in [0.2, 0.25) is 0 Å². The van der Waals surface area contributed by atoms with Crippen molar-refractivity contribution in [3.05, 3.63) is 5.92 Å². The van der Waals surface area contributed by atoms with Crippen LogP contribution in [0.5, 0.6) is 0 Å². The maximum absolute atomic E-state index is 2.39. The average Bonchev–Trinajstić information content (AvgIpc) is 2.04. The van der Waals surface area contributed by atoms with E-state index in [0.717, 1.165) is 5.92 Å². The molecule has 1 atom stereocenters. The first kappa shape index (κ1) is 12.0. The van der Waals surface area contributed by atoms with Crippen molar-refractivity contribution in [1.82, 2.24) is 0 Å². The molecule has 0 nitrogen and oxygen atoms in total. The van der Waals surface area contributed by atoms with Gasteiger partial charge in [-0.2, -0.15) is 0 Å². The molecule has 0 saturated heterocycles. The van der Waals surface area contributed by atoms with E-state index in [1.165, 1.54) is 19.3 Å². The van der Waals surface area contributed by atoms with Crippen LogP contribution in [0.15, 0.2) is 0 Å². The van der Waals surface area contributed by atoms with Crippen LogP contribution in [0, 0.1) is 17.3 Å². The van der Waals surface area contributed by atoms with E-state index in [0.29, 0.717) is 5.41 Å². The van der Waals surface area contributed by atoms with Gasteiger partial charge in [-0.3, -0.25) is 0 Å². The second kappa shape index (κ2) is 4.89. The zero-order chi connectivity index (χ0) is 9.78. The summed E-state index contributed by atoms with van der Waals surface area (Å²) in [7, 11) is 0. The zero-order valence-electron chi connectivity index (χ0n) is 9.70. The molecule has 0 spiro atoms. The number of hydrogen-bond acceptors (Lipinski definition) is 0. The van der Waals surface area contributed by atoms with Gasteiger partial charge in [-0.1, -0.05) is 48.0 Å². The minimum absolute atomic E-state index is 0.443. The first-order valence-corrected chi connectivity index (χ1v) is 5.35. The summed E-state index contributed by atoms with van der Waals surface area (Å²) >= 11 is 0. The average molecular weight is 169 g/mol. The fourth-order valence-corrected chi connectivity index (χ4v) is 2.02. The molecule has 0 aliphatic heterocycles. The highest BCUT2D eigenvalue weighted by atomic mass is 14.4. The van der Waals surface area contributed by atoms with Crippen LogP contribution < -0.4 is 0 Å². The first-order valence-electron chi connectivity index (χ1n) is 5.35. The van der Waals surface area contributed by atoms with E-state index in [4.69, 9.17) is 0 Å². The Morgan fingerprint density at radius 1 is 1.08 bits per heavy atom. The van der Waals surface area contributed by atoms with Crippen molar-refractivity contribution < 1.29 is 0 Å². The van der Waals surface area contributed by atoms with Crippen LogP contribution in [0.1, 0.15) is 60.8 Å². The molecule has 0 aliphatic carbocycles. The fraction of sp³-hybridized carbons (Fsp3) is 0.917. The third kappa shape index (κ3) is 2.50. The van der Waals surface area contributed by atoms with E-state index in [1.54, 1.807) is 5.92 Å². The lowest BCUT2D eigenvalue weighted by Crippen LogP contribution is -2.28. The van der Waals surface area contributed by atoms with Gasteiger partial charge >= 0.3 is 0 Å². The summed E-state index contributed by atoms with van der Waals surface area (Å²) in [5, 5.41) is 0. The molecule has 0 aliphatic rings. The second-order valence-corrected chi connectivity index (χ2v) is 4.34. The van der Waals surface area contributed by atoms with E-state index < -0.39 is 0 Å². The van der Waals surface area contributed by atoms with Crippen molar-refractivity contribution >= 4 is 0 Å². The highest BCUT2D eigenvalue weighted by molar-refractivity contribution is 5.02. The molecule has 0 saturated carbocycles. The number of hydrogen-bond donors (Lipinski definition) is 0. The second-order valence-electron chi connectivity index (χ2n) is 4.34. The highest BCUT2D eigenvalue weighted by Crippen LogP contribution is 2.41. The van der Waals surface area contributed by atoms with Gasteiger partial charge in [0.15, 0.2) is 0 Å². The topological polar surface area (TPSA) is 0 Å². The standard InChI is InChI=1S/C12H25/c1-7-10(4)12(5,6)11(8-2)9-3/h10H,7-9H2,1-6H3. The quantitative estimate of drug-likeness (QED) is 0.570. The van der Waals surface area contributed by atoms with Gasteiger partial charge in [0, 0.05) is 0 Å². The Hall–Kier alpha value is 0. The molecule has 0 rings (SSSR count). The van der Waals surface area contributed by atoms with Crippen LogP contribution in [0.3, 0.4) is 0 Å². The van der Waals surface area contributed by atoms with Gasteiger partial charge in [-0.05, 0) is 30.1 Å². The highest BCUT2D eigenvalue weighted by Gasteiger charge is 2.31. The summed E-state index contributed by atoms with van der Waals surface area (Å²) in [6.45, 7) is 14.0. The SMILES string of the molecule is CC[C](CC)C(C)(C)C(C)CC. The third-order valence-corrected chi connectivity index (χ3v) is 3.61. The maximum Gasteiger partial charge on any atom is -0.0187 e. The lowest BCUT2D eigenvalue weighted by Gasteiger charge is -2.38. The molecule has 73 valence electrons. The molecule has 0 amide bonds. The minimum atomic E-state index is 0.443. The van der Waals surface area contributed by atoms with Crippen molar-refractivity contribution in [3.8, 4) is 0 Å². The third-order valence-electron chi connectivity index (χ3n) is 3.61. The van der Waals surface area contributed by atoms with Gasteiger partial charge in [0.1, 0.15) is 0 Å². The van der Waals surface area contributed by atoms with Crippen LogP contribution in [0.25, 0.3) is 0 Å². The molecular weight excluding hydrogens is 144 g/mol. The Kier molecular flexibility index (Phi) is 4.89. The molecule has 0 bridgehead atoms. The molecule has 0 aromatic carbocycles. The number of rotatable bonds is 5. The van der Waals surface area contributed by atoms with E-state index in [1.807, 2.05) is 0 Å². The molecule has 1 unspecified atom stereocenters. The Morgan fingerprint density at radius 3 is 1.75 bits per heavy atom. The molecule has 1 radical (unpaired) electrons. The van der Waals surface area contributed by atoms with Gasteiger partial charge < -0.3 is 0 Å². The van der Waals surface area contributed by atoms with Gasteiger partial charge in [0.05, 0.1) is 0 Å². The molecule has 0 fully saturated rings. The Balaban J connectivity index is 4.33. The van der Waals surface area contributed by atoms with Crippen molar-refractivity contribution in [2.75, 3.05) is 0 Å². The Labute approximate surface area is 78.8 Å². The lowest BCUT2D eigenvalue weighted by atomic mass is 9.67. The summed E-state index contributed by atoms with van der Waals surface area (Å²) in [6, 6.07) is 0. The normalized spacial score (nSPS) is 15.2. The smallest absolute Gasteiger partial charge is 0.0187 e. The van der Waals surface area contributed by atoms with Crippen molar-refractivity contribution in [2.24, 2.45) is 11.3 Å². The molecule has 0 heteroatoms. The van der Waals surface area contributed by atoms with Gasteiger partial charge in [-0.25, -0.2) is 0 Å². The van der Waals surface area contributed by atoms with Crippen LogP contribution >= 0.6 is 0 Å². The lowest BCUT2D eigenvalue weighted by molar-refractivity contribution is 0.225. The predicted molar refractivity (Wildman–Crippen MR) is 57.1 cm³/mol. The maximum atomic E-state index is 2.39. The van der Waals surface area contributed by atoms with Gasteiger partial charge in [0.25, 0.3) is 0 Å². The predicted octanol–water partition coefficient (Wildman–Crippen LogP) is 4.45. The summed E-state index contributed by atoms with van der Waals surface area (Å²) < 4.78 is 0. The zero-order valence-corrected chi connectivity index (χ0v) is 9.70. The fourth-order valence-electron chi connectivity index (χ4n) is 2.02. The molecule has 0 N–H and O–H groups in total. The summed E-state index contributed by atoms with van der Waals surface area (Å²) in [6.07, 6.45) is 3.78. The van der Waals surface area contributed by atoms with Crippen LogP contribution in [-0.4, -0.2) is 0 Å². The molecule has 0 aromatic heterocycles. The van der Waals surface area contributed by atoms with Crippen molar-refractivity contribution in [3.63, 3.8) is 0 Å². The Bertz CT molecular complexity index is 109. The summed E-state index contributed by atoms with van der Waals surface area (Å²) in [5.74, 6) is 2.53. The largest absolute Gasteiger partial charge is 0.0651 e. The summed E-state index contributed by atoms with van der Waals surface area (Å²) in [4.78, 5) is 0. The molecular formula is C12H25. The van der Waals surface area contributed by atoms with Crippen molar-refractivity contribution in [2.45, 2.75) is 60.8 Å². The van der Waals surface area contributed by atoms with E-state index >= 15 is 0 Å². The molecule has 0 heterocycles. The monoisotopic (exact) mass is 169 g/mol. The van der Waals surface area contributed by atoms with Crippen LogP contribution in [0.4, 0.5) is 0 Å². The van der Waals surface area contributed by atoms with Gasteiger partial charge in [-0.15, -0.1) is 0 Å². The van der Waals surface area contributed by atoms with Crippen molar-refractivity contribution in [1.29, 1.82) is 0 Å². The van der Waals surface area contributed by atoms with Gasteiger partial charge in [0.2, 0.25) is 0 Å². The van der Waals surface area contributed by atoms with E-state index in [-0.39, 0.29) is 0 Å². The first-order chi connectivity index (χ1) is 5.50. The van der Waals surface area contributed by atoms with E-state index in [9.17, 15) is 0 Å². The molecule has 0 aromatic rings. The minimum Gasteiger partial charge on any atom is -0.0651 e. The summed E-state index contributed by atoms with van der Waals surface area (Å²) in [5.41, 5.74) is 0.443. The Morgan fingerprint density at radius 2 is 1.50 bits per heavy atom. The molecule has 12 heavy (non-hydrogen) atoms. The van der Waals surface area contributed by atoms with Crippen LogP contribution in [-0.2, 0) is 0 Å². The van der Waals surface area contributed by atoms with E-state index in [2.05, 4.69) is 41.5 Å².